The predicted octanol–water partition coefficient (Wildman–Crippen LogP) is 4.12. The van der Waals surface area contributed by atoms with E-state index in [4.69, 9.17) is 0 Å². The number of hydrogen-bond acceptors (Lipinski definition) is 2. The number of thioether (sulfide) groups is 1. The molecule has 2 heteroatoms. The van der Waals surface area contributed by atoms with Crippen LogP contribution in [0.15, 0.2) is 29.2 Å². The maximum atomic E-state index is 3.58. The summed E-state index contributed by atoms with van der Waals surface area (Å²) in [6.45, 7) is 7.95. The van der Waals surface area contributed by atoms with Gasteiger partial charge in [0.25, 0.3) is 0 Å². The molecule has 1 nitrogen and oxygen atoms in total. The van der Waals surface area contributed by atoms with Crippen LogP contribution >= 0.6 is 11.8 Å². The molecule has 18 heavy (non-hydrogen) atoms. The van der Waals surface area contributed by atoms with Gasteiger partial charge in [0.05, 0.1) is 0 Å². The fraction of sp³-hybridized carbons (Fsp3) is 0.625. The number of nitrogens with one attached hydrogen (secondary N) is 1. The largest absolute Gasteiger partial charge is 0.314 e. The van der Waals surface area contributed by atoms with Crippen LogP contribution in [-0.4, -0.2) is 17.8 Å². The highest BCUT2D eigenvalue weighted by Gasteiger charge is 2.24. The Hall–Kier alpha value is -0.470. The average molecular weight is 263 g/mol. The van der Waals surface area contributed by atoms with Crippen LogP contribution < -0.4 is 5.32 Å². The van der Waals surface area contributed by atoms with Crippen LogP contribution in [0.5, 0.6) is 0 Å². The highest BCUT2D eigenvalue weighted by Crippen LogP contribution is 2.39. The Morgan fingerprint density at radius 2 is 2.11 bits per heavy atom. The van der Waals surface area contributed by atoms with E-state index in [9.17, 15) is 0 Å². The molecule has 1 heterocycles. The van der Waals surface area contributed by atoms with Gasteiger partial charge in [0.1, 0.15) is 0 Å². The molecular formula is C16H25NS. The van der Waals surface area contributed by atoms with Gasteiger partial charge in [-0.1, -0.05) is 45.4 Å². The monoisotopic (exact) mass is 263 g/mol. The SMILES string of the molecule is CCC(CNC(C)C)CC1Cc2ccccc2S1. The molecule has 0 radical (unpaired) electrons. The Morgan fingerprint density at radius 1 is 1.33 bits per heavy atom. The summed E-state index contributed by atoms with van der Waals surface area (Å²) in [5, 5.41) is 4.38. The minimum Gasteiger partial charge on any atom is -0.314 e. The predicted molar refractivity (Wildman–Crippen MR) is 81.3 cm³/mol. The van der Waals surface area contributed by atoms with E-state index in [2.05, 4.69) is 62.1 Å². The second-order valence-electron chi connectivity index (χ2n) is 5.62. The first-order chi connectivity index (χ1) is 8.69. The summed E-state index contributed by atoms with van der Waals surface area (Å²) in [6.07, 6.45) is 3.89. The van der Waals surface area contributed by atoms with Crippen LogP contribution in [0, 0.1) is 5.92 Å². The average Bonchev–Trinajstić information content (AvgIpc) is 2.76. The van der Waals surface area contributed by atoms with Crippen molar-refractivity contribution in [2.75, 3.05) is 6.54 Å². The second kappa shape index (κ2) is 6.63. The highest BCUT2D eigenvalue weighted by atomic mass is 32.2. The Labute approximate surface area is 116 Å². The molecule has 1 aliphatic heterocycles. The summed E-state index contributed by atoms with van der Waals surface area (Å²) in [6, 6.07) is 9.49. The zero-order valence-electron chi connectivity index (χ0n) is 11.8. The molecule has 0 spiro atoms. The van der Waals surface area contributed by atoms with Gasteiger partial charge in [-0.3, -0.25) is 0 Å². The van der Waals surface area contributed by atoms with E-state index < -0.39 is 0 Å². The van der Waals surface area contributed by atoms with Gasteiger partial charge in [-0.25, -0.2) is 0 Å². The molecule has 1 N–H and O–H groups in total. The lowest BCUT2D eigenvalue weighted by Gasteiger charge is -2.20. The zero-order chi connectivity index (χ0) is 13.0. The van der Waals surface area contributed by atoms with E-state index in [-0.39, 0.29) is 0 Å². The summed E-state index contributed by atoms with van der Waals surface area (Å²) in [5.74, 6) is 0.819. The van der Waals surface area contributed by atoms with Crippen molar-refractivity contribution in [1.82, 2.24) is 5.32 Å². The third-order valence-electron chi connectivity index (χ3n) is 3.70. The molecule has 0 aromatic heterocycles. The molecule has 0 fully saturated rings. The van der Waals surface area contributed by atoms with Crippen LogP contribution in [-0.2, 0) is 6.42 Å². The van der Waals surface area contributed by atoms with Crippen molar-refractivity contribution in [3.05, 3.63) is 29.8 Å². The fourth-order valence-electron chi connectivity index (χ4n) is 2.55. The molecule has 0 amide bonds. The van der Waals surface area contributed by atoms with Gasteiger partial charge < -0.3 is 5.32 Å². The van der Waals surface area contributed by atoms with E-state index in [1.807, 2.05) is 0 Å². The molecule has 0 bridgehead atoms. The molecule has 1 aromatic carbocycles. The lowest BCUT2D eigenvalue weighted by molar-refractivity contribution is 0.410. The van der Waals surface area contributed by atoms with Crippen LogP contribution in [0.3, 0.4) is 0 Å². The van der Waals surface area contributed by atoms with Gasteiger partial charge in [0.15, 0.2) is 0 Å². The number of fused-ring (bicyclic) bond motifs is 1. The van der Waals surface area contributed by atoms with E-state index in [0.717, 1.165) is 11.2 Å². The van der Waals surface area contributed by atoms with Gasteiger partial charge >= 0.3 is 0 Å². The minimum atomic E-state index is 0.604. The maximum absolute atomic E-state index is 3.58. The summed E-state index contributed by atoms with van der Waals surface area (Å²) in [5.41, 5.74) is 1.55. The molecule has 2 rings (SSSR count). The van der Waals surface area contributed by atoms with E-state index in [1.165, 1.54) is 30.7 Å². The first-order valence-corrected chi connectivity index (χ1v) is 8.05. The van der Waals surface area contributed by atoms with Crippen molar-refractivity contribution < 1.29 is 0 Å². The van der Waals surface area contributed by atoms with E-state index in [0.29, 0.717) is 6.04 Å². The van der Waals surface area contributed by atoms with Crippen molar-refractivity contribution in [1.29, 1.82) is 0 Å². The Morgan fingerprint density at radius 3 is 2.78 bits per heavy atom. The molecule has 0 saturated heterocycles. The molecule has 2 atom stereocenters. The van der Waals surface area contributed by atoms with Crippen molar-refractivity contribution in [2.24, 2.45) is 5.92 Å². The lowest BCUT2D eigenvalue weighted by Crippen LogP contribution is -2.30. The Kier molecular flexibility index (Phi) is 5.13. The molecule has 0 aliphatic carbocycles. The molecule has 1 aliphatic rings. The van der Waals surface area contributed by atoms with Gasteiger partial charge in [-0.15, -0.1) is 11.8 Å². The van der Waals surface area contributed by atoms with Crippen molar-refractivity contribution in [3.63, 3.8) is 0 Å². The normalized spacial score (nSPS) is 20.1. The topological polar surface area (TPSA) is 12.0 Å². The van der Waals surface area contributed by atoms with Crippen molar-refractivity contribution >= 4 is 11.8 Å². The minimum absolute atomic E-state index is 0.604. The van der Waals surface area contributed by atoms with E-state index in [1.54, 1.807) is 5.56 Å². The summed E-state index contributed by atoms with van der Waals surface area (Å²) >= 11 is 2.09. The van der Waals surface area contributed by atoms with Gasteiger partial charge in [-0.2, -0.15) is 0 Å². The van der Waals surface area contributed by atoms with Gasteiger partial charge in [0.2, 0.25) is 0 Å². The van der Waals surface area contributed by atoms with Crippen LogP contribution in [0.1, 0.15) is 39.2 Å². The first-order valence-electron chi connectivity index (χ1n) is 7.17. The Bertz CT molecular complexity index is 350. The van der Waals surface area contributed by atoms with Crippen LogP contribution in [0.4, 0.5) is 0 Å². The second-order valence-corrected chi connectivity index (χ2v) is 6.97. The van der Waals surface area contributed by atoms with E-state index >= 15 is 0 Å². The van der Waals surface area contributed by atoms with Crippen molar-refractivity contribution in [2.45, 2.75) is 56.2 Å². The Balaban J connectivity index is 1.84. The van der Waals surface area contributed by atoms with Crippen LogP contribution in [0.25, 0.3) is 0 Å². The standard InChI is InChI=1S/C16H25NS/c1-4-13(11-17-12(2)3)9-15-10-14-7-5-6-8-16(14)18-15/h5-8,12-13,15,17H,4,9-11H2,1-3H3. The summed E-state index contributed by atoms with van der Waals surface area (Å²) < 4.78 is 0. The first kappa shape index (κ1) is 14.0. The molecular weight excluding hydrogens is 238 g/mol. The number of rotatable bonds is 6. The zero-order valence-corrected chi connectivity index (χ0v) is 12.6. The fourth-order valence-corrected chi connectivity index (χ4v) is 4.00. The quantitative estimate of drug-likeness (QED) is 0.828. The lowest BCUT2D eigenvalue weighted by atomic mass is 9.97. The molecule has 100 valence electrons. The van der Waals surface area contributed by atoms with Gasteiger partial charge in [0, 0.05) is 16.2 Å². The van der Waals surface area contributed by atoms with Gasteiger partial charge in [-0.05, 0) is 36.9 Å². The highest BCUT2D eigenvalue weighted by molar-refractivity contribution is 8.00. The smallest absolute Gasteiger partial charge is 0.0138 e. The number of benzene rings is 1. The maximum Gasteiger partial charge on any atom is 0.0138 e. The number of hydrogen-bond donors (Lipinski definition) is 1. The molecule has 1 aromatic rings. The third kappa shape index (κ3) is 3.76. The van der Waals surface area contributed by atoms with Crippen LogP contribution in [0.2, 0.25) is 0 Å². The molecule has 2 unspecified atom stereocenters. The summed E-state index contributed by atoms with van der Waals surface area (Å²) in [7, 11) is 0. The summed E-state index contributed by atoms with van der Waals surface area (Å²) in [4.78, 5) is 1.51. The molecule has 0 saturated carbocycles. The third-order valence-corrected chi connectivity index (χ3v) is 5.05. The van der Waals surface area contributed by atoms with Crippen molar-refractivity contribution in [3.8, 4) is 0 Å².